The molecule has 0 radical (unpaired) electrons. The molecule has 5 heteroatoms. The molecular weight excluding hydrogens is 250 g/mol. The second kappa shape index (κ2) is 5.59. The number of aliphatic hydroxyl groups is 1. The van der Waals surface area contributed by atoms with Gasteiger partial charge in [-0.05, 0) is 39.7 Å². The van der Waals surface area contributed by atoms with E-state index >= 15 is 0 Å². The van der Waals surface area contributed by atoms with Gasteiger partial charge in [-0.3, -0.25) is 9.58 Å². The summed E-state index contributed by atoms with van der Waals surface area (Å²) in [6.07, 6.45) is 2.98. The van der Waals surface area contributed by atoms with Crippen LogP contribution >= 0.6 is 11.6 Å². The SMILES string of the molecule is Cc1nn(C)c(Cl)c1CN1CCCC1CC(C)O. The van der Waals surface area contributed by atoms with Gasteiger partial charge in [-0.1, -0.05) is 11.6 Å². The third kappa shape index (κ3) is 2.87. The molecule has 4 nitrogen and oxygen atoms in total. The summed E-state index contributed by atoms with van der Waals surface area (Å²) in [6.45, 7) is 5.79. The van der Waals surface area contributed by atoms with Crippen LogP contribution in [0.25, 0.3) is 0 Å². The number of nitrogens with zero attached hydrogens (tertiary/aromatic N) is 3. The van der Waals surface area contributed by atoms with Gasteiger partial charge in [0.15, 0.2) is 0 Å². The highest BCUT2D eigenvalue weighted by Gasteiger charge is 2.27. The van der Waals surface area contributed by atoms with E-state index in [1.807, 2.05) is 20.9 Å². The van der Waals surface area contributed by atoms with Crippen molar-refractivity contribution in [3.8, 4) is 0 Å². The van der Waals surface area contributed by atoms with Crippen LogP contribution in [0.5, 0.6) is 0 Å². The van der Waals surface area contributed by atoms with Crippen LogP contribution in [0, 0.1) is 6.92 Å². The van der Waals surface area contributed by atoms with E-state index in [-0.39, 0.29) is 6.10 Å². The number of likely N-dealkylation sites (tertiary alicyclic amines) is 1. The number of hydrogen-bond acceptors (Lipinski definition) is 3. The van der Waals surface area contributed by atoms with Gasteiger partial charge in [-0.25, -0.2) is 0 Å². The molecule has 102 valence electrons. The molecule has 1 saturated heterocycles. The molecule has 0 amide bonds. The molecule has 0 bridgehead atoms. The molecule has 18 heavy (non-hydrogen) atoms. The van der Waals surface area contributed by atoms with Gasteiger partial charge in [0, 0.05) is 25.2 Å². The molecule has 1 aromatic heterocycles. The van der Waals surface area contributed by atoms with Crippen molar-refractivity contribution in [1.82, 2.24) is 14.7 Å². The first-order valence-corrected chi connectivity index (χ1v) is 6.97. The molecule has 2 rings (SSSR count). The van der Waals surface area contributed by atoms with Gasteiger partial charge in [0.25, 0.3) is 0 Å². The Morgan fingerprint density at radius 2 is 2.28 bits per heavy atom. The smallest absolute Gasteiger partial charge is 0.131 e. The molecule has 1 aliphatic heterocycles. The Morgan fingerprint density at radius 3 is 2.83 bits per heavy atom. The van der Waals surface area contributed by atoms with Crippen molar-refractivity contribution in [2.75, 3.05) is 6.54 Å². The summed E-state index contributed by atoms with van der Waals surface area (Å²) >= 11 is 6.27. The second-order valence-electron chi connectivity index (χ2n) is 5.33. The maximum absolute atomic E-state index is 9.54. The van der Waals surface area contributed by atoms with Crippen LogP contribution < -0.4 is 0 Å². The fraction of sp³-hybridized carbons (Fsp3) is 0.769. The van der Waals surface area contributed by atoms with Gasteiger partial charge in [-0.15, -0.1) is 0 Å². The molecule has 2 atom stereocenters. The van der Waals surface area contributed by atoms with Gasteiger partial charge >= 0.3 is 0 Å². The van der Waals surface area contributed by atoms with E-state index < -0.39 is 0 Å². The minimum absolute atomic E-state index is 0.235. The quantitative estimate of drug-likeness (QED) is 0.912. The van der Waals surface area contributed by atoms with Gasteiger partial charge < -0.3 is 5.11 Å². The van der Waals surface area contributed by atoms with E-state index in [0.717, 1.165) is 35.9 Å². The summed E-state index contributed by atoms with van der Waals surface area (Å²) in [6, 6.07) is 0.473. The molecule has 0 aliphatic carbocycles. The highest BCUT2D eigenvalue weighted by atomic mass is 35.5. The Hall–Kier alpha value is -0.580. The number of aryl methyl sites for hydroxylation is 2. The normalized spacial score (nSPS) is 22.6. The first-order valence-electron chi connectivity index (χ1n) is 6.59. The van der Waals surface area contributed by atoms with Gasteiger partial charge in [0.2, 0.25) is 0 Å². The topological polar surface area (TPSA) is 41.3 Å². The molecule has 0 saturated carbocycles. The lowest BCUT2D eigenvalue weighted by Gasteiger charge is -2.25. The standard InChI is InChI=1S/C13H22ClN3O/c1-9(18)7-11-5-4-6-17(11)8-12-10(2)15-16(3)13(12)14/h9,11,18H,4-8H2,1-3H3. The highest BCUT2D eigenvalue weighted by molar-refractivity contribution is 6.30. The minimum atomic E-state index is -0.235. The zero-order valence-electron chi connectivity index (χ0n) is 11.4. The Labute approximate surface area is 114 Å². The lowest BCUT2D eigenvalue weighted by molar-refractivity contribution is 0.130. The van der Waals surface area contributed by atoms with E-state index in [1.165, 1.54) is 12.8 Å². The van der Waals surface area contributed by atoms with E-state index in [4.69, 9.17) is 11.6 Å². The average molecular weight is 272 g/mol. The number of halogens is 1. The summed E-state index contributed by atoms with van der Waals surface area (Å²) in [4.78, 5) is 2.42. The maximum atomic E-state index is 9.54. The highest BCUT2D eigenvalue weighted by Crippen LogP contribution is 2.27. The van der Waals surface area contributed by atoms with Gasteiger partial charge in [-0.2, -0.15) is 5.10 Å². The van der Waals surface area contributed by atoms with E-state index in [1.54, 1.807) is 4.68 Å². The van der Waals surface area contributed by atoms with Crippen LogP contribution in [0.15, 0.2) is 0 Å². The molecule has 1 aliphatic rings. The largest absolute Gasteiger partial charge is 0.393 e. The fourth-order valence-electron chi connectivity index (χ4n) is 2.82. The zero-order valence-corrected chi connectivity index (χ0v) is 12.1. The number of hydrogen-bond donors (Lipinski definition) is 1. The van der Waals surface area contributed by atoms with Crippen molar-refractivity contribution in [3.63, 3.8) is 0 Å². The molecule has 1 N–H and O–H groups in total. The first kappa shape index (κ1) is 13.8. The summed E-state index contributed by atoms with van der Waals surface area (Å²) < 4.78 is 1.73. The summed E-state index contributed by atoms with van der Waals surface area (Å²) in [5, 5.41) is 14.6. The molecule has 1 fully saturated rings. The molecular formula is C13H22ClN3O. The summed E-state index contributed by atoms with van der Waals surface area (Å²) in [5.41, 5.74) is 2.13. The van der Waals surface area contributed by atoms with Crippen molar-refractivity contribution >= 4 is 11.6 Å². The third-order valence-electron chi connectivity index (χ3n) is 3.74. The fourth-order valence-corrected chi connectivity index (χ4v) is 3.05. The lowest BCUT2D eigenvalue weighted by atomic mass is 10.1. The Morgan fingerprint density at radius 1 is 1.56 bits per heavy atom. The number of rotatable bonds is 4. The van der Waals surface area contributed by atoms with Crippen molar-refractivity contribution < 1.29 is 5.11 Å². The van der Waals surface area contributed by atoms with Crippen molar-refractivity contribution in [2.24, 2.45) is 7.05 Å². The van der Waals surface area contributed by atoms with Crippen LogP contribution in [0.4, 0.5) is 0 Å². The van der Waals surface area contributed by atoms with Crippen LogP contribution in [0.2, 0.25) is 5.15 Å². The number of aromatic nitrogens is 2. The maximum Gasteiger partial charge on any atom is 0.131 e. The molecule has 2 unspecified atom stereocenters. The minimum Gasteiger partial charge on any atom is -0.393 e. The Kier molecular flexibility index (Phi) is 4.30. The average Bonchev–Trinajstić information content (AvgIpc) is 2.79. The first-order chi connectivity index (χ1) is 8.49. The number of aliphatic hydroxyl groups excluding tert-OH is 1. The van der Waals surface area contributed by atoms with Gasteiger partial charge in [0.1, 0.15) is 5.15 Å². The van der Waals surface area contributed by atoms with Crippen LogP contribution in [-0.2, 0) is 13.6 Å². The Bertz CT molecular complexity index is 417. The molecule has 2 heterocycles. The zero-order chi connectivity index (χ0) is 13.3. The van der Waals surface area contributed by atoms with Crippen LogP contribution in [-0.4, -0.2) is 38.5 Å². The van der Waals surface area contributed by atoms with E-state index in [0.29, 0.717) is 6.04 Å². The van der Waals surface area contributed by atoms with Gasteiger partial charge in [0.05, 0.1) is 11.8 Å². The van der Waals surface area contributed by atoms with Crippen molar-refractivity contribution in [3.05, 3.63) is 16.4 Å². The molecule has 0 aromatic carbocycles. The lowest BCUT2D eigenvalue weighted by Crippen LogP contribution is -2.31. The molecule has 0 spiro atoms. The Balaban J connectivity index is 2.08. The monoisotopic (exact) mass is 271 g/mol. The summed E-state index contributed by atoms with van der Waals surface area (Å²) in [7, 11) is 1.87. The predicted molar refractivity (Wildman–Crippen MR) is 72.7 cm³/mol. The van der Waals surface area contributed by atoms with Crippen molar-refractivity contribution in [1.29, 1.82) is 0 Å². The van der Waals surface area contributed by atoms with Crippen LogP contribution in [0.3, 0.4) is 0 Å². The van der Waals surface area contributed by atoms with E-state index in [2.05, 4.69) is 10.00 Å². The van der Waals surface area contributed by atoms with Crippen molar-refractivity contribution in [2.45, 2.75) is 51.8 Å². The second-order valence-corrected chi connectivity index (χ2v) is 5.69. The third-order valence-corrected chi connectivity index (χ3v) is 4.22. The summed E-state index contributed by atoms with van der Waals surface area (Å²) in [5.74, 6) is 0. The van der Waals surface area contributed by atoms with Crippen LogP contribution in [0.1, 0.15) is 37.4 Å². The molecule has 1 aromatic rings. The van der Waals surface area contributed by atoms with E-state index in [9.17, 15) is 5.11 Å². The predicted octanol–water partition coefficient (Wildman–Crippen LogP) is 2.12.